The van der Waals surface area contributed by atoms with Crippen molar-refractivity contribution in [3.05, 3.63) is 18.0 Å². The zero-order chi connectivity index (χ0) is 17.3. The van der Waals surface area contributed by atoms with Crippen LogP contribution < -0.4 is 5.32 Å². The first-order valence-electron chi connectivity index (χ1n) is 7.64. The summed E-state index contributed by atoms with van der Waals surface area (Å²) < 4.78 is 40.8. The van der Waals surface area contributed by atoms with Gasteiger partial charge in [0.25, 0.3) is 0 Å². The van der Waals surface area contributed by atoms with Gasteiger partial charge in [-0.3, -0.25) is 14.2 Å². The number of nitrogens with zero attached hydrogens (tertiary/aromatic N) is 5. The van der Waals surface area contributed by atoms with Gasteiger partial charge in [0.15, 0.2) is 5.69 Å². The molecule has 24 heavy (non-hydrogen) atoms. The topological polar surface area (TPSA) is 77.6 Å². The minimum Gasteiger partial charge on any atom is -0.356 e. The summed E-state index contributed by atoms with van der Waals surface area (Å²) in [7, 11) is 1.42. The molecule has 0 bridgehead atoms. The van der Waals surface area contributed by atoms with E-state index in [0.29, 0.717) is 13.1 Å². The lowest BCUT2D eigenvalue weighted by atomic mass is 10.0. The minimum atomic E-state index is -4.51. The Bertz CT molecular complexity index is 735. The fourth-order valence-corrected chi connectivity index (χ4v) is 2.75. The number of nitrogens with one attached hydrogen (secondary N) is 1. The van der Waals surface area contributed by atoms with Crippen LogP contribution in [-0.2, 0) is 24.6 Å². The van der Waals surface area contributed by atoms with Gasteiger partial charge >= 0.3 is 6.18 Å². The summed E-state index contributed by atoms with van der Waals surface area (Å²) in [5, 5.41) is 14.1. The Morgan fingerprint density at radius 1 is 1.38 bits per heavy atom. The van der Waals surface area contributed by atoms with E-state index in [2.05, 4.69) is 20.7 Å². The van der Waals surface area contributed by atoms with Gasteiger partial charge in [-0.1, -0.05) is 11.6 Å². The highest BCUT2D eigenvalue weighted by Crippen LogP contribution is 2.30. The molecule has 0 aliphatic carbocycles. The normalized spacial score (nSPS) is 19.2. The van der Waals surface area contributed by atoms with Crippen molar-refractivity contribution < 1.29 is 18.0 Å². The summed E-state index contributed by atoms with van der Waals surface area (Å²) in [6.07, 6.45) is -0.327. The Balaban J connectivity index is 1.78. The molecule has 1 aliphatic rings. The molecule has 3 rings (SSSR count). The summed E-state index contributed by atoms with van der Waals surface area (Å²) in [6.45, 7) is 1.02. The number of amides is 1. The molecule has 1 fully saturated rings. The number of alkyl halides is 3. The van der Waals surface area contributed by atoms with E-state index in [1.165, 1.54) is 17.9 Å². The molecular formula is C14H17F3N6O. The zero-order valence-electron chi connectivity index (χ0n) is 13.0. The van der Waals surface area contributed by atoms with E-state index < -0.39 is 11.9 Å². The van der Waals surface area contributed by atoms with E-state index in [4.69, 9.17) is 0 Å². The molecule has 1 atom stereocenters. The molecule has 7 nitrogen and oxygen atoms in total. The molecule has 3 heterocycles. The van der Waals surface area contributed by atoms with Crippen LogP contribution in [0.25, 0.3) is 11.4 Å². The maximum absolute atomic E-state index is 12.7. The SMILES string of the molecule is Cn1nc(C(F)(F)F)cc1-c1cn(CC2CCCCNC2=O)nn1. The second-order valence-corrected chi connectivity index (χ2v) is 5.85. The molecule has 10 heteroatoms. The Kier molecular flexibility index (Phi) is 4.29. The lowest BCUT2D eigenvalue weighted by molar-refractivity contribution is -0.141. The maximum atomic E-state index is 12.7. The highest BCUT2D eigenvalue weighted by Gasteiger charge is 2.35. The van der Waals surface area contributed by atoms with Crippen LogP contribution in [0.3, 0.4) is 0 Å². The maximum Gasteiger partial charge on any atom is 0.435 e. The number of hydrogen-bond acceptors (Lipinski definition) is 4. The molecule has 130 valence electrons. The number of halogens is 3. The molecule has 2 aromatic heterocycles. The van der Waals surface area contributed by atoms with Gasteiger partial charge in [-0.2, -0.15) is 18.3 Å². The van der Waals surface area contributed by atoms with Crippen molar-refractivity contribution >= 4 is 5.91 Å². The van der Waals surface area contributed by atoms with Crippen molar-refractivity contribution in [2.45, 2.75) is 32.0 Å². The van der Waals surface area contributed by atoms with Crippen molar-refractivity contribution in [1.29, 1.82) is 0 Å². The molecule has 1 aliphatic heterocycles. The van der Waals surface area contributed by atoms with Gasteiger partial charge in [-0.05, 0) is 18.9 Å². The van der Waals surface area contributed by atoms with Crippen molar-refractivity contribution in [3.8, 4) is 11.4 Å². The predicted molar refractivity (Wildman–Crippen MR) is 77.6 cm³/mol. The third-order valence-corrected chi connectivity index (χ3v) is 4.03. The molecule has 1 N–H and O–H groups in total. The van der Waals surface area contributed by atoms with Crippen LogP contribution in [0.2, 0.25) is 0 Å². The van der Waals surface area contributed by atoms with Crippen molar-refractivity contribution in [1.82, 2.24) is 30.1 Å². The molecule has 2 aromatic rings. The van der Waals surface area contributed by atoms with E-state index in [0.717, 1.165) is 30.0 Å². The second-order valence-electron chi connectivity index (χ2n) is 5.85. The van der Waals surface area contributed by atoms with E-state index in [1.54, 1.807) is 0 Å². The van der Waals surface area contributed by atoms with Crippen LogP contribution in [0.4, 0.5) is 13.2 Å². The highest BCUT2D eigenvalue weighted by atomic mass is 19.4. The van der Waals surface area contributed by atoms with Crippen LogP contribution in [0.1, 0.15) is 25.0 Å². The van der Waals surface area contributed by atoms with Crippen LogP contribution >= 0.6 is 0 Å². The van der Waals surface area contributed by atoms with Crippen molar-refractivity contribution in [2.24, 2.45) is 13.0 Å². The quantitative estimate of drug-likeness (QED) is 0.919. The predicted octanol–water partition coefficient (Wildman–Crippen LogP) is 1.61. The third-order valence-electron chi connectivity index (χ3n) is 4.03. The average molecular weight is 342 g/mol. The molecule has 0 aromatic carbocycles. The summed E-state index contributed by atoms with van der Waals surface area (Å²) in [6, 6.07) is 0.937. The van der Waals surface area contributed by atoms with Crippen LogP contribution in [-0.4, -0.2) is 37.2 Å². The second kappa shape index (κ2) is 6.25. The Hall–Kier alpha value is -2.39. The first-order valence-corrected chi connectivity index (χ1v) is 7.64. The van der Waals surface area contributed by atoms with Gasteiger partial charge in [0.05, 0.1) is 24.4 Å². The van der Waals surface area contributed by atoms with Crippen LogP contribution in [0, 0.1) is 5.92 Å². The fraction of sp³-hybridized carbons (Fsp3) is 0.571. The van der Waals surface area contributed by atoms with Gasteiger partial charge in [-0.25, -0.2) is 0 Å². The van der Waals surface area contributed by atoms with Crippen LogP contribution in [0.5, 0.6) is 0 Å². The van der Waals surface area contributed by atoms with Gasteiger partial charge in [0.1, 0.15) is 5.69 Å². The summed E-state index contributed by atoms with van der Waals surface area (Å²) in [5.41, 5.74) is -0.467. The largest absolute Gasteiger partial charge is 0.435 e. The van der Waals surface area contributed by atoms with E-state index >= 15 is 0 Å². The highest BCUT2D eigenvalue weighted by molar-refractivity contribution is 5.78. The van der Waals surface area contributed by atoms with E-state index in [1.807, 2.05) is 0 Å². The molecule has 1 unspecified atom stereocenters. The lowest BCUT2D eigenvalue weighted by Gasteiger charge is -2.12. The number of carbonyl (C=O) groups excluding carboxylic acids is 1. The Morgan fingerprint density at radius 3 is 2.88 bits per heavy atom. The lowest BCUT2D eigenvalue weighted by Crippen LogP contribution is -2.31. The molecule has 1 amide bonds. The minimum absolute atomic E-state index is 0.0237. The van der Waals surface area contributed by atoms with E-state index in [9.17, 15) is 18.0 Å². The monoisotopic (exact) mass is 342 g/mol. The van der Waals surface area contributed by atoms with Gasteiger partial charge in [0.2, 0.25) is 5.91 Å². The number of rotatable bonds is 3. The fourth-order valence-electron chi connectivity index (χ4n) is 2.75. The first kappa shape index (κ1) is 16.5. The molecule has 0 radical (unpaired) electrons. The molecule has 0 spiro atoms. The molecule has 1 saturated heterocycles. The standard InChI is InChI=1S/C14H17F3N6O/c1-22-11(6-12(20-22)14(15,16)17)10-8-23(21-19-10)7-9-4-2-3-5-18-13(9)24/h6,8-9H,2-5,7H2,1H3,(H,18,24). The van der Waals surface area contributed by atoms with Crippen molar-refractivity contribution in [3.63, 3.8) is 0 Å². The number of hydrogen-bond donors (Lipinski definition) is 1. The summed E-state index contributed by atoms with van der Waals surface area (Å²) >= 11 is 0. The smallest absolute Gasteiger partial charge is 0.356 e. The van der Waals surface area contributed by atoms with Gasteiger partial charge in [0, 0.05) is 13.6 Å². The average Bonchev–Trinajstić information content (AvgIpc) is 3.05. The summed E-state index contributed by atoms with van der Waals surface area (Å²) in [4.78, 5) is 12.0. The Morgan fingerprint density at radius 2 is 2.17 bits per heavy atom. The van der Waals surface area contributed by atoms with E-state index in [-0.39, 0.29) is 23.2 Å². The number of aromatic nitrogens is 5. The van der Waals surface area contributed by atoms with Crippen molar-refractivity contribution in [2.75, 3.05) is 6.54 Å². The van der Waals surface area contributed by atoms with Crippen LogP contribution in [0.15, 0.2) is 12.3 Å². The first-order chi connectivity index (χ1) is 11.3. The number of aryl methyl sites for hydroxylation is 1. The zero-order valence-corrected chi connectivity index (χ0v) is 13.0. The Labute approximate surface area is 135 Å². The van der Waals surface area contributed by atoms with Gasteiger partial charge < -0.3 is 5.32 Å². The molecule has 0 saturated carbocycles. The summed E-state index contributed by atoms with van der Waals surface area (Å²) in [5.74, 6) is -0.233. The molecular weight excluding hydrogens is 325 g/mol. The third kappa shape index (κ3) is 3.41. The van der Waals surface area contributed by atoms with Gasteiger partial charge in [-0.15, -0.1) is 5.10 Å². The number of carbonyl (C=O) groups is 1.